The number of hydrogen-bond acceptors (Lipinski definition) is 7. The van der Waals surface area contributed by atoms with Crippen LogP contribution in [0.3, 0.4) is 0 Å². The quantitative estimate of drug-likeness (QED) is 0.409. The number of fused-ring (bicyclic) bond motifs is 1. The van der Waals surface area contributed by atoms with Gasteiger partial charge in [0.15, 0.2) is 11.4 Å². The van der Waals surface area contributed by atoms with E-state index in [0.717, 1.165) is 10.8 Å². The Morgan fingerprint density at radius 2 is 1.67 bits per heavy atom. The number of nitrogens with zero attached hydrogens (tertiary/aromatic N) is 1. The Hall–Kier alpha value is -3.94. The average Bonchev–Trinajstić information content (AvgIpc) is 2.83. The van der Waals surface area contributed by atoms with E-state index in [0.29, 0.717) is 18.1 Å². The summed E-state index contributed by atoms with van der Waals surface area (Å²) < 4.78 is 17.0. The standard InChI is InChI=1S/C28H32N2O6/c1-17(2)15-25(36-23-13-12-21-9-6-7-10-22(21)16-23)19(4)34-28(33)18(3)30-27(32)26-24(35-20(5)31)11-8-14-29-26/h6-14,16-19,25H,15H2,1-5H3,(H,30,32)/t18-,19-,25+/m0/s1. The Bertz CT molecular complexity index is 1230. The predicted molar refractivity (Wildman–Crippen MR) is 136 cm³/mol. The van der Waals surface area contributed by atoms with Crippen molar-refractivity contribution in [1.82, 2.24) is 10.3 Å². The van der Waals surface area contributed by atoms with Gasteiger partial charge in [0.25, 0.3) is 5.91 Å². The number of benzene rings is 2. The lowest BCUT2D eigenvalue weighted by Crippen LogP contribution is -2.43. The molecule has 0 unspecified atom stereocenters. The zero-order valence-electron chi connectivity index (χ0n) is 21.2. The summed E-state index contributed by atoms with van der Waals surface area (Å²) in [7, 11) is 0. The number of carbonyl (C=O) groups excluding carboxylic acids is 3. The summed E-state index contributed by atoms with van der Waals surface area (Å²) in [5.74, 6) is -0.848. The zero-order chi connectivity index (χ0) is 26.2. The summed E-state index contributed by atoms with van der Waals surface area (Å²) in [6, 6.07) is 15.9. The van der Waals surface area contributed by atoms with Gasteiger partial charge in [0.05, 0.1) is 0 Å². The Morgan fingerprint density at radius 1 is 0.944 bits per heavy atom. The number of hydrogen-bond donors (Lipinski definition) is 1. The molecule has 3 atom stereocenters. The summed E-state index contributed by atoms with van der Waals surface area (Å²) in [5, 5.41) is 4.72. The maximum absolute atomic E-state index is 12.8. The summed E-state index contributed by atoms with van der Waals surface area (Å²) in [4.78, 5) is 40.8. The lowest BCUT2D eigenvalue weighted by molar-refractivity contribution is -0.155. The number of carbonyl (C=O) groups is 3. The maximum atomic E-state index is 12.8. The number of rotatable bonds is 10. The Balaban J connectivity index is 1.66. The summed E-state index contributed by atoms with van der Waals surface area (Å²) in [5.41, 5.74) is -0.0993. The molecule has 0 aliphatic carbocycles. The van der Waals surface area contributed by atoms with E-state index in [2.05, 4.69) is 24.1 Å². The zero-order valence-corrected chi connectivity index (χ0v) is 21.2. The lowest BCUT2D eigenvalue weighted by atomic mass is 10.0. The highest BCUT2D eigenvalue weighted by Gasteiger charge is 2.28. The van der Waals surface area contributed by atoms with Crippen LogP contribution in [-0.4, -0.2) is 41.1 Å². The van der Waals surface area contributed by atoms with Crippen LogP contribution in [0.2, 0.25) is 0 Å². The van der Waals surface area contributed by atoms with Crippen molar-refractivity contribution in [2.45, 2.75) is 59.3 Å². The van der Waals surface area contributed by atoms with E-state index >= 15 is 0 Å². The third kappa shape index (κ3) is 7.28. The van der Waals surface area contributed by atoms with Crippen LogP contribution in [0.15, 0.2) is 60.8 Å². The number of nitrogens with one attached hydrogen (secondary N) is 1. The molecule has 0 aliphatic heterocycles. The highest BCUT2D eigenvalue weighted by atomic mass is 16.6. The number of esters is 2. The Labute approximate surface area is 211 Å². The van der Waals surface area contributed by atoms with Crippen LogP contribution < -0.4 is 14.8 Å². The largest absolute Gasteiger partial charge is 0.487 e. The monoisotopic (exact) mass is 492 g/mol. The fourth-order valence-electron chi connectivity index (χ4n) is 3.70. The smallest absolute Gasteiger partial charge is 0.328 e. The molecule has 8 nitrogen and oxygen atoms in total. The summed E-state index contributed by atoms with van der Waals surface area (Å²) in [6.45, 7) is 8.66. The van der Waals surface area contributed by atoms with Gasteiger partial charge < -0.3 is 19.5 Å². The van der Waals surface area contributed by atoms with Crippen molar-refractivity contribution in [3.8, 4) is 11.5 Å². The molecule has 0 saturated carbocycles. The molecule has 0 aliphatic rings. The van der Waals surface area contributed by atoms with E-state index in [1.807, 2.05) is 42.5 Å². The Morgan fingerprint density at radius 3 is 2.36 bits per heavy atom. The van der Waals surface area contributed by atoms with Crippen molar-refractivity contribution in [2.24, 2.45) is 5.92 Å². The minimum absolute atomic E-state index is 0.0113. The molecule has 0 fully saturated rings. The third-order valence-electron chi connectivity index (χ3n) is 5.48. The van der Waals surface area contributed by atoms with Crippen molar-refractivity contribution >= 4 is 28.6 Å². The van der Waals surface area contributed by atoms with Gasteiger partial charge in [-0.3, -0.25) is 9.59 Å². The molecule has 0 radical (unpaired) electrons. The molecule has 0 spiro atoms. The van der Waals surface area contributed by atoms with Crippen molar-refractivity contribution in [3.05, 3.63) is 66.5 Å². The summed E-state index contributed by atoms with van der Waals surface area (Å²) >= 11 is 0. The molecule has 0 saturated heterocycles. The van der Waals surface area contributed by atoms with Crippen LogP contribution in [0, 0.1) is 5.92 Å². The fraction of sp³-hybridized carbons (Fsp3) is 0.357. The molecule has 1 N–H and O–H groups in total. The molecule has 0 bridgehead atoms. The van der Waals surface area contributed by atoms with Gasteiger partial charge in [0.1, 0.15) is 24.0 Å². The molecule has 8 heteroatoms. The second-order valence-corrected chi connectivity index (χ2v) is 9.08. The highest BCUT2D eigenvalue weighted by Crippen LogP contribution is 2.25. The fourth-order valence-corrected chi connectivity index (χ4v) is 3.70. The first-order valence-electron chi connectivity index (χ1n) is 11.9. The Kier molecular flexibility index (Phi) is 9.00. The molecule has 1 heterocycles. The maximum Gasteiger partial charge on any atom is 0.328 e. The minimum atomic E-state index is -0.965. The second kappa shape index (κ2) is 12.2. The number of ether oxygens (including phenoxy) is 3. The number of amides is 1. The van der Waals surface area contributed by atoms with Gasteiger partial charge in [0, 0.05) is 13.1 Å². The molecule has 190 valence electrons. The van der Waals surface area contributed by atoms with Gasteiger partial charge in [-0.05, 0) is 61.2 Å². The van der Waals surface area contributed by atoms with E-state index in [1.165, 1.54) is 26.1 Å². The van der Waals surface area contributed by atoms with Crippen LogP contribution >= 0.6 is 0 Å². The third-order valence-corrected chi connectivity index (χ3v) is 5.48. The van der Waals surface area contributed by atoms with Crippen molar-refractivity contribution < 1.29 is 28.6 Å². The minimum Gasteiger partial charge on any atom is -0.487 e. The van der Waals surface area contributed by atoms with Crippen LogP contribution in [-0.2, 0) is 14.3 Å². The number of aromatic nitrogens is 1. The van der Waals surface area contributed by atoms with Crippen molar-refractivity contribution in [3.63, 3.8) is 0 Å². The van der Waals surface area contributed by atoms with Crippen LogP contribution in [0.5, 0.6) is 11.5 Å². The van der Waals surface area contributed by atoms with Gasteiger partial charge >= 0.3 is 11.9 Å². The molecule has 1 amide bonds. The summed E-state index contributed by atoms with van der Waals surface area (Å²) in [6.07, 6.45) is 1.11. The molecular weight excluding hydrogens is 460 g/mol. The first kappa shape index (κ1) is 26.7. The van der Waals surface area contributed by atoms with E-state index < -0.39 is 30.0 Å². The molecule has 1 aromatic heterocycles. The molecule has 2 aromatic carbocycles. The van der Waals surface area contributed by atoms with Gasteiger partial charge in [-0.15, -0.1) is 0 Å². The highest BCUT2D eigenvalue weighted by molar-refractivity contribution is 5.97. The van der Waals surface area contributed by atoms with E-state index in [1.54, 1.807) is 13.0 Å². The molecule has 3 rings (SSSR count). The molecule has 3 aromatic rings. The lowest BCUT2D eigenvalue weighted by Gasteiger charge is -2.27. The first-order chi connectivity index (χ1) is 17.1. The average molecular weight is 493 g/mol. The van der Waals surface area contributed by atoms with Gasteiger partial charge in [-0.25, -0.2) is 9.78 Å². The van der Waals surface area contributed by atoms with E-state index in [-0.39, 0.29) is 17.5 Å². The van der Waals surface area contributed by atoms with E-state index in [4.69, 9.17) is 14.2 Å². The van der Waals surface area contributed by atoms with Crippen LogP contribution in [0.25, 0.3) is 10.8 Å². The van der Waals surface area contributed by atoms with Crippen LogP contribution in [0.4, 0.5) is 0 Å². The second-order valence-electron chi connectivity index (χ2n) is 9.08. The van der Waals surface area contributed by atoms with E-state index in [9.17, 15) is 14.4 Å². The van der Waals surface area contributed by atoms with Crippen LogP contribution in [0.1, 0.15) is 51.5 Å². The topological polar surface area (TPSA) is 104 Å². The molecule has 36 heavy (non-hydrogen) atoms. The first-order valence-corrected chi connectivity index (χ1v) is 11.9. The SMILES string of the molecule is CC(=O)Oc1cccnc1C(=O)N[C@@H](C)C(=O)O[C@@H](C)[C@@H](CC(C)C)Oc1ccc2ccccc2c1. The predicted octanol–water partition coefficient (Wildman–Crippen LogP) is 4.70. The van der Waals surface area contributed by atoms with Crippen molar-refractivity contribution in [1.29, 1.82) is 0 Å². The van der Waals surface area contributed by atoms with Crippen molar-refractivity contribution in [2.75, 3.05) is 0 Å². The van der Waals surface area contributed by atoms with Gasteiger partial charge in [-0.2, -0.15) is 0 Å². The normalized spacial score (nSPS) is 13.5. The van der Waals surface area contributed by atoms with Gasteiger partial charge in [-0.1, -0.05) is 44.2 Å². The number of pyridine rings is 1. The van der Waals surface area contributed by atoms with Gasteiger partial charge in [0.2, 0.25) is 0 Å². The molecular formula is C28H32N2O6.